The molecule has 2 aliphatic heterocycles. The fourth-order valence-corrected chi connectivity index (χ4v) is 6.43. The molecule has 0 spiro atoms. The lowest BCUT2D eigenvalue weighted by molar-refractivity contribution is -0.141. The third-order valence-corrected chi connectivity index (χ3v) is 8.64. The first-order chi connectivity index (χ1) is 14.4. The van der Waals surface area contributed by atoms with E-state index in [1.807, 2.05) is 13.8 Å². The van der Waals surface area contributed by atoms with E-state index in [0.717, 1.165) is 19.3 Å². The van der Waals surface area contributed by atoms with Crippen molar-refractivity contribution in [3.05, 3.63) is 29.8 Å². The molecule has 4 rings (SSSR count). The average molecular weight is 434 g/mol. The zero-order valence-electron chi connectivity index (χ0n) is 17.8. The highest BCUT2D eigenvalue weighted by Gasteiger charge is 2.46. The summed E-state index contributed by atoms with van der Waals surface area (Å²) in [6.45, 7) is 5.97. The molecule has 1 saturated carbocycles. The highest BCUT2D eigenvalue weighted by atomic mass is 32.2. The fraction of sp³-hybridized carbons (Fsp3) is 0.636. The molecule has 0 radical (unpaired) electrons. The lowest BCUT2D eigenvalue weighted by Gasteiger charge is -2.46. The van der Waals surface area contributed by atoms with Gasteiger partial charge in [-0.25, -0.2) is 8.42 Å². The van der Waals surface area contributed by atoms with Gasteiger partial charge in [0.2, 0.25) is 15.9 Å². The lowest BCUT2D eigenvalue weighted by atomic mass is 9.84. The minimum absolute atomic E-state index is 0.0863. The summed E-state index contributed by atoms with van der Waals surface area (Å²) < 4.78 is 28.0. The van der Waals surface area contributed by atoms with E-state index in [1.165, 1.54) is 0 Å². The largest absolute Gasteiger partial charge is 0.339 e. The number of fused-ring (bicyclic) bond motifs is 1. The summed E-state index contributed by atoms with van der Waals surface area (Å²) in [5.74, 6) is 0.357. The van der Waals surface area contributed by atoms with Gasteiger partial charge in [0.25, 0.3) is 5.91 Å². The van der Waals surface area contributed by atoms with Gasteiger partial charge in [0.05, 0.1) is 4.90 Å². The quantitative estimate of drug-likeness (QED) is 0.690. The fourth-order valence-electron chi connectivity index (χ4n) is 4.92. The Morgan fingerprint density at radius 3 is 2.33 bits per heavy atom. The van der Waals surface area contributed by atoms with Gasteiger partial charge in [0.1, 0.15) is 0 Å². The Kier molecular flexibility index (Phi) is 5.90. The summed E-state index contributed by atoms with van der Waals surface area (Å²) >= 11 is 0. The Labute approximate surface area is 179 Å². The smallest absolute Gasteiger partial charge is 0.253 e. The molecule has 3 fully saturated rings. The Morgan fingerprint density at radius 2 is 1.73 bits per heavy atom. The molecule has 3 aliphatic rings. The third kappa shape index (κ3) is 3.87. The molecule has 164 valence electrons. The van der Waals surface area contributed by atoms with Crippen molar-refractivity contribution in [3.8, 4) is 0 Å². The number of rotatable bonds is 6. The zero-order chi connectivity index (χ0) is 21.5. The number of amides is 2. The maximum atomic E-state index is 13.2. The first-order valence-corrected chi connectivity index (χ1v) is 12.5. The van der Waals surface area contributed by atoms with E-state index in [-0.39, 0.29) is 28.7 Å². The normalized spacial score (nSPS) is 25.1. The van der Waals surface area contributed by atoms with Crippen molar-refractivity contribution >= 4 is 21.8 Å². The predicted molar refractivity (Wildman–Crippen MR) is 113 cm³/mol. The molecule has 1 aliphatic carbocycles. The maximum absolute atomic E-state index is 13.2. The van der Waals surface area contributed by atoms with Crippen LogP contribution in [0.5, 0.6) is 0 Å². The van der Waals surface area contributed by atoms with Gasteiger partial charge in [0.15, 0.2) is 0 Å². The Morgan fingerprint density at radius 1 is 1.07 bits per heavy atom. The molecule has 2 atom stereocenters. The molecule has 1 aromatic rings. The molecule has 2 heterocycles. The van der Waals surface area contributed by atoms with Crippen LogP contribution in [0.25, 0.3) is 0 Å². The summed E-state index contributed by atoms with van der Waals surface area (Å²) in [7, 11) is -3.62. The Hall–Kier alpha value is -1.93. The zero-order valence-corrected chi connectivity index (χ0v) is 18.6. The second kappa shape index (κ2) is 8.30. The van der Waals surface area contributed by atoms with Crippen LogP contribution in [0.15, 0.2) is 29.2 Å². The van der Waals surface area contributed by atoms with Crippen molar-refractivity contribution < 1.29 is 18.0 Å². The Balaban J connectivity index is 1.48. The van der Waals surface area contributed by atoms with Crippen LogP contribution in [-0.4, -0.2) is 72.6 Å². The van der Waals surface area contributed by atoms with E-state index in [4.69, 9.17) is 0 Å². The van der Waals surface area contributed by atoms with Gasteiger partial charge in [-0.05, 0) is 69.7 Å². The molecule has 2 saturated heterocycles. The van der Waals surface area contributed by atoms with Gasteiger partial charge < -0.3 is 9.80 Å². The van der Waals surface area contributed by atoms with Crippen molar-refractivity contribution in [2.45, 2.75) is 62.9 Å². The van der Waals surface area contributed by atoms with E-state index in [2.05, 4.69) is 4.90 Å². The number of carbonyl (C=O) groups excluding carboxylic acids is 2. The molecular formula is C22H31N3O4S. The third-order valence-electron chi connectivity index (χ3n) is 6.76. The molecule has 7 nitrogen and oxygen atoms in total. The van der Waals surface area contributed by atoms with Crippen LogP contribution < -0.4 is 0 Å². The predicted octanol–water partition coefficient (Wildman–Crippen LogP) is 2.33. The van der Waals surface area contributed by atoms with Crippen LogP contribution in [0, 0.1) is 5.92 Å². The molecule has 1 aromatic carbocycles. The average Bonchev–Trinajstić information content (AvgIpc) is 3.59. The number of sulfonamides is 1. The second-order valence-electron chi connectivity index (χ2n) is 8.55. The number of piperidine rings is 2. The van der Waals surface area contributed by atoms with Crippen LogP contribution in [-0.2, 0) is 14.8 Å². The number of nitrogens with zero attached hydrogens (tertiary/aromatic N) is 3. The van der Waals surface area contributed by atoms with E-state index < -0.39 is 10.0 Å². The number of hydrogen-bond acceptors (Lipinski definition) is 4. The van der Waals surface area contributed by atoms with Crippen molar-refractivity contribution in [1.82, 2.24) is 14.1 Å². The van der Waals surface area contributed by atoms with Crippen molar-refractivity contribution in [2.75, 3.05) is 26.2 Å². The number of likely N-dealkylation sites (tertiary alicyclic amines) is 1. The van der Waals surface area contributed by atoms with Crippen molar-refractivity contribution in [1.29, 1.82) is 0 Å². The van der Waals surface area contributed by atoms with Crippen LogP contribution >= 0.6 is 0 Å². The second-order valence-corrected chi connectivity index (χ2v) is 10.5. The minimum Gasteiger partial charge on any atom is -0.339 e. The molecule has 0 N–H and O–H groups in total. The van der Waals surface area contributed by atoms with Gasteiger partial charge in [-0.15, -0.1) is 0 Å². The SMILES string of the molecule is CCN(CC)C(=O)c1ccc(S(=O)(=O)N2CCC3C(CCC(=O)N3C3CC3)C2)cc1. The van der Waals surface area contributed by atoms with Gasteiger partial charge >= 0.3 is 0 Å². The summed E-state index contributed by atoms with van der Waals surface area (Å²) in [5, 5.41) is 0. The number of benzene rings is 1. The van der Waals surface area contributed by atoms with Crippen LogP contribution in [0.2, 0.25) is 0 Å². The monoisotopic (exact) mass is 433 g/mol. The van der Waals surface area contributed by atoms with Crippen LogP contribution in [0.1, 0.15) is 56.3 Å². The molecule has 8 heteroatoms. The topological polar surface area (TPSA) is 78.0 Å². The molecule has 30 heavy (non-hydrogen) atoms. The first kappa shape index (κ1) is 21.3. The van der Waals surface area contributed by atoms with E-state index in [9.17, 15) is 18.0 Å². The highest BCUT2D eigenvalue weighted by Crippen LogP contribution is 2.39. The summed E-state index contributed by atoms with van der Waals surface area (Å²) in [6, 6.07) is 6.85. The van der Waals surface area contributed by atoms with Gasteiger partial charge in [0, 0.05) is 50.2 Å². The number of hydrogen-bond donors (Lipinski definition) is 0. The minimum atomic E-state index is -3.62. The molecular weight excluding hydrogens is 402 g/mol. The first-order valence-electron chi connectivity index (χ1n) is 11.1. The lowest BCUT2D eigenvalue weighted by Crippen LogP contribution is -2.57. The molecule has 0 bridgehead atoms. The van der Waals surface area contributed by atoms with Gasteiger partial charge in [-0.3, -0.25) is 9.59 Å². The number of carbonyl (C=O) groups is 2. The van der Waals surface area contributed by atoms with Crippen molar-refractivity contribution in [3.63, 3.8) is 0 Å². The van der Waals surface area contributed by atoms with Gasteiger partial charge in [-0.2, -0.15) is 4.31 Å². The summed E-state index contributed by atoms with van der Waals surface area (Å²) in [5.41, 5.74) is 0.502. The van der Waals surface area contributed by atoms with E-state index in [1.54, 1.807) is 33.5 Å². The molecule has 2 amide bonds. The van der Waals surface area contributed by atoms with Crippen molar-refractivity contribution in [2.24, 2.45) is 5.92 Å². The van der Waals surface area contributed by atoms with E-state index in [0.29, 0.717) is 50.6 Å². The van der Waals surface area contributed by atoms with Gasteiger partial charge in [-0.1, -0.05) is 0 Å². The summed E-state index contributed by atoms with van der Waals surface area (Å²) in [6.07, 6.45) is 4.14. The maximum Gasteiger partial charge on any atom is 0.253 e. The van der Waals surface area contributed by atoms with Crippen LogP contribution in [0.4, 0.5) is 0 Å². The standard InChI is InChI=1S/C22H31N3O4S/c1-3-23(4-2)22(27)16-5-10-19(11-6-16)30(28,29)24-14-13-20-17(15-24)7-12-21(26)25(20)18-8-9-18/h5-6,10-11,17-18,20H,3-4,7-9,12-15H2,1-2H3. The van der Waals surface area contributed by atoms with Crippen LogP contribution in [0.3, 0.4) is 0 Å². The highest BCUT2D eigenvalue weighted by molar-refractivity contribution is 7.89. The molecule has 0 aromatic heterocycles. The molecule has 2 unspecified atom stereocenters. The Bertz CT molecular complexity index is 907. The van der Waals surface area contributed by atoms with E-state index >= 15 is 0 Å². The summed E-state index contributed by atoms with van der Waals surface area (Å²) in [4.78, 5) is 28.8.